The van der Waals surface area contributed by atoms with Crippen molar-refractivity contribution in [2.75, 3.05) is 7.05 Å². The molecule has 0 bridgehead atoms. The molecule has 0 amide bonds. The van der Waals surface area contributed by atoms with Crippen molar-refractivity contribution < 1.29 is 5.11 Å². The van der Waals surface area contributed by atoms with Gasteiger partial charge in [0.2, 0.25) is 0 Å². The third-order valence-corrected chi connectivity index (χ3v) is 4.91. The standard InChI is InChI=1S/C21H45NO/c1-3-4-5-6-7-8-9-10-11-12-13-14-15-16-17-18-19-20-21(23)22-2/h21-23H,3-20H2,1-2H3. The maximum Gasteiger partial charge on any atom is 0.104 e. The summed E-state index contributed by atoms with van der Waals surface area (Å²) in [6, 6.07) is 0. The predicted molar refractivity (Wildman–Crippen MR) is 104 cm³/mol. The van der Waals surface area contributed by atoms with E-state index < -0.39 is 0 Å². The maximum atomic E-state index is 9.37. The number of rotatable bonds is 19. The van der Waals surface area contributed by atoms with Crippen LogP contribution in [0.15, 0.2) is 0 Å². The Morgan fingerprint density at radius 3 is 1.17 bits per heavy atom. The Bertz CT molecular complexity index is 208. The van der Waals surface area contributed by atoms with Crippen molar-refractivity contribution in [3.05, 3.63) is 0 Å². The van der Waals surface area contributed by atoms with Gasteiger partial charge in [0.1, 0.15) is 6.23 Å². The van der Waals surface area contributed by atoms with E-state index in [2.05, 4.69) is 12.2 Å². The molecule has 140 valence electrons. The molecule has 0 spiro atoms. The molecule has 0 fully saturated rings. The maximum absolute atomic E-state index is 9.37. The summed E-state index contributed by atoms with van der Waals surface area (Å²) in [6.45, 7) is 2.29. The van der Waals surface area contributed by atoms with Gasteiger partial charge < -0.3 is 5.11 Å². The molecule has 1 atom stereocenters. The van der Waals surface area contributed by atoms with Crippen LogP contribution in [0.1, 0.15) is 122 Å². The summed E-state index contributed by atoms with van der Waals surface area (Å²) in [4.78, 5) is 0. The second-order valence-corrected chi connectivity index (χ2v) is 7.25. The molecule has 2 N–H and O–H groups in total. The average molecular weight is 328 g/mol. The fourth-order valence-corrected chi connectivity index (χ4v) is 3.21. The number of aliphatic hydroxyl groups excluding tert-OH is 1. The van der Waals surface area contributed by atoms with Gasteiger partial charge in [-0.2, -0.15) is 0 Å². The van der Waals surface area contributed by atoms with Crippen molar-refractivity contribution in [2.24, 2.45) is 0 Å². The first-order valence-electron chi connectivity index (χ1n) is 10.7. The topological polar surface area (TPSA) is 32.3 Å². The van der Waals surface area contributed by atoms with Crippen LogP contribution in [-0.2, 0) is 0 Å². The minimum atomic E-state index is -0.300. The molecule has 0 aliphatic rings. The Kier molecular flexibility index (Phi) is 19.9. The van der Waals surface area contributed by atoms with Crippen molar-refractivity contribution in [1.82, 2.24) is 5.32 Å². The molecule has 0 aliphatic carbocycles. The molecular weight excluding hydrogens is 282 g/mol. The van der Waals surface area contributed by atoms with Gasteiger partial charge in [0.25, 0.3) is 0 Å². The van der Waals surface area contributed by atoms with E-state index in [0.717, 1.165) is 12.8 Å². The Balaban J connectivity index is 2.97. The van der Waals surface area contributed by atoms with Gasteiger partial charge in [0.05, 0.1) is 0 Å². The van der Waals surface area contributed by atoms with Crippen LogP contribution in [0.3, 0.4) is 0 Å². The molecule has 0 aromatic heterocycles. The number of nitrogens with one attached hydrogen (secondary N) is 1. The minimum Gasteiger partial charge on any atom is -0.379 e. The highest BCUT2D eigenvalue weighted by Gasteiger charge is 1.99. The van der Waals surface area contributed by atoms with Crippen LogP contribution in [0, 0.1) is 0 Å². The second kappa shape index (κ2) is 20.0. The molecule has 1 unspecified atom stereocenters. The van der Waals surface area contributed by atoms with Gasteiger partial charge in [-0.25, -0.2) is 0 Å². The lowest BCUT2D eigenvalue weighted by atomic mass is 10.0. The van der Waals surface area contributed by atoms with Crippen LogP contribution < -0.4 is 5.32 Å². The van der Waals surface area contributed by atoms with Gasteiger partial charge in [-0.15, -0.1) is 0 Å². The Hall–Kier alpha value is -0.0800. The van der Waals surface area contributed by atoms with Crippen LogP contribution in [0.25, 0.3) is 0 Å². The Labute approximate surface area is 146 Å². The fraction of sp³-hybridized carbons (Fsp3) is 1.00. The predicted octanol–water partition coefficient (Wildman–Crippen LogP) is 6.57. The molecule has 0 rings (SSSR count). The molecule has 2 nitrogen and oxygen atoms in total. The highest BCUT2D eigenvalue weighted by molar-refractivity contribution is 4.52. The SMILES string of the molecule is CCCCCCCCCCCCCCCCCCCC(O)NC. The highest BCUT2D eigenvalue weighted by atomic mass is 16.3. The van der Waals surface area contributed by atoms with Gasteiger partial charge in [0.15, 0.2) is 0 Å². The Morgan fingerprint density at radius 2 is 0.870 bits per heavy atom. The lowest BCUT2D eigenvalue weighted by Crippen LogP contribution is -2.23. The van der Waals surface area contributed by atoms with E-state index in [4.69, 9.17) is 0 Å². The fourth-order valence-electron chi connectivity index (χ4n) is 3.21. The van der Waals surface area contributed by atoms with Gasteiger partial charge >= 0.3 is 0 Å². The minimum absolute atomic E-state index is 0.300. The van der Waals surface area contributed by atoms with Crippen LogP contribution in [0.2, 0.25) is 0 Å². The summed E-state index contributed by atoms with van der Waals surface area (Å²) in [5.74, 6) is 0. The zero-order valence-corrected chi connectivity index (χ0v) is 16.3. The monoisotopic (exact) mass is 327 g/mol. The summed E-state index contributed by atoms with van der Waals surface area (Å²) < 4.78 is 0. The van der Waals surface area contributed by atoms with Crippen LogP contribution in [-0.4, -0.2) is 18.4 Å². The summed E-state index contributed by atoms with van der Waals surface area (Å²) in [6.07, 6.45) is 24.5. The highest BCUT2D eigenvalue weighted by Crippen LogP contribution is 2.14. The van der Waals surface area contributed by atoms with E-state index in [1.54, 1.807) is 0 Å². The average Bonchev–Trinajstić information content (AvgIpc) is 2.57. The molecule has 2 heteroatoms. The normalized spacial score (nSPS) is 12.7. The third-order valence-electron chi connectivity index (χ3n) is 4.91. The number of aliphatic hydroxyl groups is 1. The summed E-state index contributed by atoms with van der Waals surface area (Å²) in [7, 11) is 1.82. The van der Waals surface area contributed by atoms with Crippen molar-refractivity contribution in [2.45, 2.75) is 129 Å². The van der Waals surface area contributed by atoms with Crippen LogP contribution in [0.5, 0.6) is 0 Å². The smallest absolute Gasteiger partial charge is 0.104 e. The first-order valence-corrected chi connectivity index (χ1v) is 10.7. The number of hydrogen-bond donors (Lipinski definition) is 2. The molecule has 0 saturated carbocycles. The van der Waals surface area contributed by atoms with Crippen molar-refractivity contribution in [1.29, 1.82) is 0 Å². The van der Waals surface area contributed by atoms with E-state index in [1.165, 1.54) is 103 Å². The number of hydrogen-bond acceptors (Lipinski definition) is 2. The molecule has 0 aromatic rings. The quantitative estimate of drug-likeness (QED) is 0.208. The zero-order valence-electron chi connectivity index (χ0n) is 16.3. The lowest BCUT2D eigenvalue weighted by Gasteiger charge is -2.08. The van der Waals surface area contributed by atoms with Crippen molar-refractivity contribution >= 4 is 0 Å². The van der Waals surface area contributed by atoms with Crippen LogP contribution >= 0.6 is 0 Å². The molecule has 0 aliphatic heterocycles. The molecule has 0 aromatic carbocycles. The lowest BCUT2D eigenvalue weighted by molar-refractivity contribution is 0.133. The second-order valence-electron chi connectivity index (χ2n) is 7.25. The zero-order chi connectivity index (χ0) is 17.0. The van der Waals surface area contributed by atoms with Crippen molar-refractivity contribution in [3.8, 4) is 0 Å². The Morgan fingerprint density at radius 1 is 0.565 bits per heavy atom. The summed E-state index contributed by atoms with van der Waals surface area (Å²) >= 11 is 0. The van der Waals surface area contributed by atoms with Crippen LogP contribution in [0.4, 0.5) is 0 Å². The molecule has 0 radical (unpaired) electrons. The summed E-state index contributed by atoms with van der Waals surface area (Å²) in [5, 5.41) is 12.2. The van der Waals surface area contributed by atoms with Gasteiger partial charge in [0, 0.05) is 0 Å². The molecular formula is C21H45NO. The van der Waals surface area contributed by atoms with Gasteiger partial charge in [-0.05, 0) is 19.9 Å². The van der Waals surface area contributed by atoms with E-state index in [9.17, 15) is 5.11 Å². The first-order chi connectivity index (χ1) is 11.3. The summed E-state index contributed by atoms with van der Waals surface area (Å²) in [5.41, 5.74) is 0. The van der Waals surface area contributed by atoms with Gasteiger partial charge in [-0.1, -0.05) is 110 Å². The molecule has 23 heavy (non-hydrogen) atoms. The molecule has 0 heterocycles. The van der Waals surface area contributed by atoms with Crippen molar-refractivity contribution in [3.63, 3.8) is 0 Å². The van der Waals surface area contributed by atoms with E-state index >= 15 is 0 Å². The first kappa shape index (κ1) is 22.9. The largest absolute Gasteiger partial charge is 0.379 e. The van der Waals surface area contributed by atoms with E-state index in [0.29, 0.717) is 0 Å². The third kappa shape index (κ3) is 19.9. The van der Waals surface area contributed by atoms with E-state index in [-0.39, 0.29) is 6.23 Å². The molecule has 0 saturated heterocycles. The number of unbranched alkanes of at least 4 members (excludes halogenated alkanes) is 16. The van der Waals surface area contributed by atoms with Gasteiger partial charge in [-0.3, -0.25) is 5.32 Å². The van der Waals surface area contributed by atoms with E-state index in [1.807, 2.05) is 7.05 Å².